The van der Waals surface area contributed by atoms with Crippen molar-refractivity contribution < 1.29 is 14.3 Å². The molecule has 114 valence electrons. The number of hydrogen-bond acceptors (Lipinski definition) is 3. The number of ether oxygens (including phenoxy) is 2. The van der Waals surface area contributed by atoms with E-state index in [-0.39, 0.29) is 0 Å². The van der Waals surface area contributed by atoms with E-state index in [1.165, 1.54) is 0 Å². The Morgan fingerprint density at radius 3 is 2.48 bits per heavy atom. The molecule has 23 heavy (non-hydrogen) atoms. The quantitative estimate of drug-likeness (QED) is 0.392. The molecule has 0 spiro atoms. The first-order valence-corrected chi connectivity index (χ1v) is 7.32. The van der Waals surface area contributed by atoms with Crippen LogP contribution in [0.1, 0.15) is 10.4 Å². The number of rotatable bonds is 5. The van der Waals surface area contributed by atoms with Crippen LogP contribution in [0.5, 0.6) is 11.5 Å². The molecule has 0 aliphatic rings. The summed E-state index contributed by atoms with van der Waals surface area (Å²) in [6, 6.07) is 20.4. The zero-order chi connectivity index (χ0) is 16.1. The SMILES string of the molecule is C=CCOc1ccccc1C(=O)Oc1cccc2ccccc12. The Morgan fingerprint density at radius 1 is 0.913 bits per heavy atom. The molecule has 0 bridgehead atoms. The van der Waals surface area contributed by atoms with Crippen molar-refractivity contribution >= 4 is 16.7 Å². The third-order valence-electron chi connectivity index (χ3n) is 3.42. The molecule has 0 unspecified atom stereocenters. The molecule has 3 rings (SSSR count). The van der Waals surface area contributed by atoms with Crippen LogP contribution in [-0.4, -0.2) is 12.6 Å². The van der Waals surface area contributed by atoms with Crippen molar-refractivity contribution in [1.29, 1.82) is 0 Å². The maximum absolute atomic E-state index is 12.5. The highest BCUT2D eigenvalue weighted by atomic mass is 16.5. The van der Waals surface area contributed by atoms with Crippen LogP contribution in [0.15, 0.2) is 79.4 Å². The monoisotopic (exact) mass is 304 g/mol. The van der Waals surface area contributed by atoms with E-state index >= 15 is 0 Å². The number of carbonyl (C=O) groups is 1. The largest absolute Gasteiger partial charge is 0.489 e. The van der Waals surface area contributed by atoms with Gasteiger partial charge in [0, 0.05) is 5.39 Å². The molecule has 0 saturated carbocycles. The van der Waals surface area contributed by atoms with Crippen molar-refractivity contribution in [3.8, 4) is 11.5 Å². The molecule has 3 aromatic rings. The number of fused-ring (bicyclic) bond motifs is 1. The summed E-state index contributed by atoms with van der Waals surface area (Å²) in [6.07, 6.45) is 1.63. The second-order valence-electron chi connectivity index (χ2n) is 4.96. The lowest BCUT2D eigenvalue weighted by atomic mass is 10.1. The van der Waals surface area contributed by atoms with Gasteiger partial charge in [0.2, 0.25) is 0 Å². The summed E-state index contributed by atoms with van der Waals surface area (Å²) in [5.41, 5.74) is 0.391. The number of carbonyl (C=O) groups excluding carboxylic acids is 1. The smallest absolute Gasteiger partial charge is 0.347 e. The van der Waals surface area contributed by atoms with Gasteiger partial charge in [0.05, 0.1) is 0 Å². The van der Waals surface area contributed by atoms with Gasteiger partial charge in [-0.3, -0.25) is 0 Å². The van der Waals surface area contributed by atoms with Crippen LogP contribution >= 0.6 is 0 Å². The first-order chi connectivity index (χ1) is 11.3. The van der Waals surface area contributed by atoms with Crippen LogP contribution in [-0.2, 0) is 0 Å². The standard InChI is InChI=1S/C20H16O3/c1-2-14-22-18-12-6-5-11-17(18)20(21)23-19-13-7-9-15-8-3-4-10-16(15)19/h2-13H,1,14H2. The normalized spacial score (nSPS) is 10.3. The molecular weight excluding hydrogens is 288 g/mol. The second kappa shape index (κ2) is 6.79. The average Bonchev–Trinajstić information content (AvgIpc) is 2.60. The molecule has 0 saturated heterocycles. The third kappa shape index (κ3) is 3.24. The predicted octanol–water partition coefficient (Wildman–Crippen LogP) is 4.62. The van der Waals surface area contributed by atoms with Gasteiger partial charge < -0.3 is 9.47 Å². The van der Waals surface area contributed by atoms with Crippen molar-refractivity contribution in [2.45, 2.75) is 0 Å². The van der Waals surface area contributed by atoms with Crippen molar-refractivity contribution in [2.75, 3.05) is 6.61 Å². The van der Waals surface area contributed by atoms with Crippen LogP contribution in [0.3, 0.4) is 0 Å². The molecule has 3 nitrogen and oxygen atoms in total. The van der Waals surface area contributed by atoms with Gasteiger partial charge in [0.15, 0.2) is 0 Å². The Balaban J connectivity index is 1.91. The Morgan fingerprint density at radius 2 is 1.61 bits per heavy atom. The van der Waals surface area contributed by atoms with Crippen molar-refractivity contribution in [2.24, 2.45) is 0 Å². The molecular formula is C20H16O3. The lowest BCUT2D eigenvalue weighted by Crippen LogP contribution is -2.11. The average molecular weight is 304 g/mol. The van der Waals surface area contributed by atoms with E-state index in [0.29, 0.717) is 23.7 Å². The Bertz CT molecular complexity index is 847. The molecule has 0 atom stereocenters. The van der Waals surface area contributed by atoms with Crippen LogP contribution in [0.25, 0.3) is 10.8 Å². The highest BCUT2D eigenvalue weighted by Gasteiger charge is 2.15. The minimum Gasteiger partial charge on any atom is -0.489 e. The van der Waals surface area contributed by atoms with E-state index in [1.54, 1.807) is 30.3 Å². The van der Waals surface area contributed by atoms with Gasteiger partial charge in [-0.2, -0.15) is 0 Å². The lowest BCUT2D eigenvalue weighted by Gasteiger charge is -2.11. The van der Waals surface area contributed by atoms with E-state index < -0.39 is 5.97 Å². The van der Waals surface area contributed by atoms with Crippen molar-refractivity contribution in [1.82, 2.24) is 0 Å². The van der Waals surface area contributed by atoms with E-state index in [1.807, 2.05) is 42.5 Å². The van der Waals surface area contributed by atoms with Crippen LogP contribution in [0.4, 0.5) is 0 Å². The highest BCUT2D eigenvalue weighted by molar-refractivity contribution is 5.97. The molecule has 0 fully saturated rings. The number of benzene rings is 3. The second-order valence-corrected chi connectivity index (χ2v) is 4.96. The summed E-state index contributed by atoms with van der Waals surface area (Å²) in [6.45, 7) is 3.94. The minimum atomic E-state index is -0.444. The fourth-order valence-corrected chi connectivity index (χ4v) is 2.35. The van der Waals surface area contributed by atoms with E-state index in [4.69, 9.17) is 9.47 Å². The molecule has 3 aromatic carbocycles. The van der Waals surface area contributed by atoms with E-state index in [2.05, 4.69) is 6.58 Å². The first-order valence-electron chi connectivity index (χ1n) is 7.32. The van der Waals surface area contributed by atoms with Crippen LogP contribution in [0, 0.1) is 0 Å². The summed E-state index contributed by atoms with van der Waals surface area (Å²) in [4.78, 5) is 12.5. The predicted molar refractivity (Wildman–Crippen MR) is 91.0 cm³/mol. The van der Waals surface area contributed by atoms with Gasteiger partial charge in [0.1, 0.15) is 23.7 Å². The third-order valence-corrected chi connectivity index (χ3v) is 3.42. The zero-order valence-electron chi connectivity index (χ0n) is 12.6. The lowest BCUT2D eigenvalue weighted by molar-refractivity contribution is 0.0733. The van der Waals surface area contributed by atoms with Gasteiger partial charge >= 0.3 is 5.97 Å². The topological polar surface area (TPSA) is 35.5 Å². The summed E-state index contributed by atoms with van der Waals surface area (Å²) in [5.74, 6) is 0.574. The van der Waals surface area contributed by atoms with Gasteiger partial charge in [0.25, 0.3) is 0 Å². The number of para-hydroxylation sites is 1. The summed E-state index contributed by atoms with van der Waals surface area (Å²) in [5, 5.41) is 1.92. The highest BCUT2D eigenvalue weighted by Crippen LogP contribution is 2.27. The number of hydrogen-bond donors (Lipinski definition) is 0. The molecule has 0 radical (unpaired) electrons. The summed E-state index contributed by atoms with van der Waals surface area (Å²) < 4.78 is 11.1. The maximum Gasteiger partial charge on any atom is 0.347 e. The molecule has 0 aliphatic carbocycles. The van der Waals surface area contributed by atoms with Gasteiger partial charge in [-0.05, 0) is 23.6 Å². The van der Waals surface area contributed by atoms with Crippen molar-refractivity contribution in [3.63, 3.8) is 0 Å². The van der Waals surface area contributed by atoms with E-state index in [0.717, 1.165) is 10.8 Å². The molecule has 0 heterocycles. The Labute approximate surface area is 134 Å². The molecule has 3 heteroatoms. The molecule has 0 aromatic heterocycles. The molecule has 0 aliphatic heterocycles. The Kier molecular flexibility index (Phi) is 4.39. The summed E-state index contributed by atoms with van der Waals surface area (Å²) >= 11 is 0. The first kappa shape index (κ1) is 14.9. The van der Waals surface area contributed by atoms with Crippen molar-refractivity contribution in [3.05, 3.63) is 84.9 Å². The maximum atomic E-state index is 12.5. The molecule has 0 amide bonds. The number of esters is 1. The minimum absolute atomic E-state index is 0.332. The van der Waals surface area contributed by atoms with E-state index in [9.17, 15) is 4.79 Å². The van der Waals surface area contributed by atoms with Gasteiger partial charge in [-0.1, -0.05) is 61.2 Å². The zero-order valence-corrected chi connectivity index (χ0v) is 12.6. The van der Waals surface area contributed by atoms with Crippen LogP contribution < -0.4 is 9.47 Å². The fraction of sp³-hybridized carbons (Fsp3) is 0.0500. The summed E-state index contributed by atoms with van der Waals surface area (Å²) in [7, 11) is 0. The van der Waals surface area contributed by atoms with Gasteiger partial charge in [-0.25, -0.2) is 4.79 Å². The Hall–Kier alpha value is -3.07. The molecule has 0 N–H and O–H groups in total. The fourth-order valence-electron chi connectivity index (χ4n) is 2.35. The van der Waals surface area contributed by atoms with Gasteiger partial charge in [-0.15, -0.1) is 0 Å². The van der Waals surface area contributed by atoms with Crippen LogP contribution in [0.2, 0.25) is 0 Å².